The Labute approximate surface area is 188 Å². The fraction of sp³-hybridized carbons (Fsp3) is 0.920. The molecule has 2 heterocycles. The normalized spacial score (nSPS) is 29.3. The lowest BCUT2D eigenvalue weighted by atomic mass is 9.99. The Morgan fingerprint density at radius 3 is 1.39 bits per heavy atom. The van der Waals surface area contributed by atoms with Crippen LogP contribution >= 0.6 is 0 Å². The van der Waals surface area contributed by atoms with Crippen LogP contribution in [0.2, 0.25) is 0 Å². The van der Waals surface area contributed by atoms with Gasteiger partial charge in [-0.3, -0.25) is 19.4 Å². The molecule has 2 saturated carbocycles. The molecule has 0 unspecified atom stereocenters. The molecule has 6 heteroatoms. The highest BCUT2D eigenvalue weighted by atomic mass is 16.2. The molecule has 2 aliphatic heterocycles. The first kappa shape index (κ1) is 23.0. The largest absolute Gasteiger partial charge is 0.352 e. The van der Waals surface area contributed by atoms with Gasteiger partial charge in [0.15, 0.2) is 0 Å². The molecule has 176 valence electrons. The van der Waals surface area contributed by atoms with Crippen LogP contribution in [0.3, 0.4) is 0 Å². The number of amides is 2. The van der Waals surface area contributed by atoms with E-state index in [9.17, 15) is 9.59 Å². The van der Waals surface area contributed by atoms with Gasteiger partial charge in [-0.1, -0.05) is 38.5 Å². The van der Waals surface area contributed by atoms with Gasteiger partial charge in [0.05, 0.1) is 12.1 Å². The van der Waals surface area contributed by atoms with Crippen molar-refractivity contribution in [1.29, 1.82) is 0 Å². The van der Waals surface area contributed by atoms with Crippen LogP contribution in [0.4, 0.5) is 0 Å². The van der Waals surface area contributed by atoms with Gasteiger partial charge < -0.3 is 10.6 Å². The molecule has 31 heavy (non-hydrogen) atoms. The van der Waals surface area contributed by atoms with Gasteiger partial charge in [0.1, 0.15) is 0 Å². The van der Waals surface area contributed by atoms with Crippen molar-refractivity contribution >= 4 is 11.8 Å². The zero-order valence-corrected chi connectivity index (χ0v) is 19.5. The number of hydrogen-bond donors (Lipinski definition) is 2. The lowest BCUT2D eigenvalue weighted by Gasteiger charge is -2.38. The van der Waals surface area contributed by atoms with Crippen molar-refractivity contribution in [2.24, 2.45) is 0 Å². The number of carbonyl (C=O) groups is 2. The average Bonchev–Trinajstić information content (AvgIpc) is 3.49. The quantitative estimate of drug-likeness (QED) is 0.618. The van der Waals surface area contributed by atoms with Crippen LogP contribution in [0.5, 0.6) is 0 Å². The van der Waals surface area contributed by atoms with Crippen molar-refractivity contribution in [3.8, 4) is 0 Å². The van der Waals surface area contributed by atoms with E-state index in [4.69, 9.17) is 0 Å². The molecule has 4 rings (SSSR count). The molecular formula is C25H44N4O2. The van der Waals surface area contributed by atoms with Crippen LogP contribution in [0, 0.1) is 0 Å². The second-order valence-corrected chi connectivity index (χ2v) is 10.4. The number of piperidine rings is 2. The Morgan fingerprint density at radius 2 is 0.968 bits per heavy atom. The Hall–Kier alpha value is -1.14. The van der Waals surface area contributed by atoms with Crippen LogP contribution < -0.4 is 10.6 Å². The van der Waals surface area contributed by atoms with Gasteiger partial charge in [0, 0.05) is 25.2 Å². The minimum absolute atomic E-state index is 0.0529. The number of likely N-dealkylation sites (tertiary alicyclic amines) is 2. The summed E-state index contributed by atoms with van der Waals surface area (Å²) >= 11 is 0. The molecule has 4 aliphatic rings. The lowest BCUT2D eigenvalue weighted by molar-refractivity contribution is -0.128. The summed E-state index contributed by atoms with van der Waals surface area (Å²) in [5, 5.41) is 6.66. The van der Waals surface area contributed by atoms with Crippen molar-refractivity contribution in [1.82, 2.24) is 20.4 Å². The van der Waals surface area contributed by atoms with E-state index in [1.54, 1.807) is 0 Å². The Kier molecular flexibility index (Phi) is 8.65. The van der Waals surface area contributed by atoms with Crippen LogP contribution in [0.15, 0.2) is 0 Å². The smallest absolute Gasteiger partial charge is 0.237 e. The minimum Gasteiger partial charge on any atom is -0.352 e. The van der Waals surface area contributed by atoms with Crippen LogP contribution in [0.1, 0.15) is 96.3 Å². The number of carbonyl (C=O) groups excluding carboxylic acids is 2. The van der Waals surface area contributed by atoms with Crippen molar-refractivity contribution in [2.45, 2.75) is 120 Å². The summed E-state index contributed by atoms with van der Waals surface area (Å²) in [5.41, 5.74) is 0. The zero-order valence-electron chi connectivity index (χ0n) is 19.5. The Morgan fingerprint density at radius 1 is 0.581 bits per heavy atom. The van der Waals surface area contributed by atoms with Gasteiger partial charge in [-0.15, -0.1) is 0 Å². The van der Waals surface area contributed by atoms with Crippen molar-refractivity contribution in [3.05, 3.63) is 0 Å². The predicted octanol–water partition coefficient (Wildman–Crippen LogP) is 3.20. The fourth-order valence-electron chi connectivity index (χ4n) is 6.32. The summed E-state index contributed by atoms with van der Waals surface area (Å²) < 4.78 is 0. The van der Waals surface area contributed by atoms with Gasteiger partial charge in [0.25, 0.3) is 0 Å². The minimum atomic E-state index is 0.0529. The van der Waals surface area contributed by atoms with Gasteiger partial charge in [-0.25, -0.2) is 0 Å². The SMILES string of the molecule is O=C(NC1CCCC1)[C@@H]1CCCCN1CCCN1CCCC[C@H]1C(=O)NC1CCCC1. The van der Waals surface area contributed by atoms with Crippen molar-refractivity contribution < 1.29 is 9.59 Å². The summed E-state index contributed by atoms with van der Waals surface area (Å²) in [6, 6.07) is 0.918. The second kappa shape index (κ2) is 11.6. The highest BCUT2D eigenvalue weighted by Crippen LogP contribution is 2.23. The van der Waals surface area contributed by atoms with E-state index in [1.807, 2.05) is 0 Å². The predicted molar refractivity (Wildman–Crippen MR) is 124 cm³/mol. The van der Waals surface area contributed by atoms with Gasteiger partial charge in [0.2, 0.25) is 11.8 Å². The highest BCUT2D eigenvalue weighted by Gasteiger charge is 2.32. The highest BCUT2D eigenvalue weighted by molar-refractivity contribution is 5.82. The lowest BCUT2D eigenvalue weighted by Crippen LogP contribution is -2.53. The molecule has 0 aromatic heterocycles. The third-order valence-electron chi connectivity index (χ3n) is 8.13. The topological polar surface area (TPSA) is 64.7 Å². The number of nitrogens with one attached hydrogen (secondary N) is 2. The van der Waals surface area contributed by atoms with E-state index in [-0.39, 0.29) is 23.9 Å². The molecular weight excluding hydrogens is 388 g/mol. The maximum Gasteiger partial charge on any atom is 0.237 e. The summed E-state index contributed by atoms with van der Waals surface area (Å²) in [6.07, 6.45) is 17.4. The molecule has 4 fully saturated rings. The zero-order chi connectivity index (χ0) is 21.5. The average molecular weight is 433 g/mol. The van der Waals surface area contributed by atoms with Crippen LogP contribution in [-0.2, 0) is 9.59 Å². The molecule has 2 amide bonds. The van der Waals surface area contributed by atoms with Gasteiger partial charge >= 0.3 is 0 Å². The summed E-state index contributed by atoms with van der Waals surface area (Å²) in [6.45, 7) is 4.01. The molecule has 0 bridgehead atoms. The molecule has 0 aromatic rings. The monoisotopic (exact) mass is 432 g/mol. The van der Waals surface area contributed by atoms with Gasteiger partial charge in [-0.05, 0) is 70.9 Å². The molecule has 6 nitrogen and oxygen atoms in total. The molecule has 2 N–H and O–H groups in total. The standard InChI is InChI=1S/C25H44N4O2/c30-24(26-20-10-1-2-11-20)22-14-5-7-16-28(22)18-9-19-29-17-8-6-15-23(29)25(31)27-21-12-3-4-13-21/h20-23H,1-19H2,(H,26,30)(H,27,31)/t22-,23-/m0/s1. The molecule has 2 saturated heterocycles. The summed E-state index contributed by atoms with van der Waals surface area (Å²) in [4.78, 5) is 30.7. The fourth-order valence-corrected chi connectivity index (χ4v) is 6.32. The summed E-state index contributed by atoms with van der Waals surface area (Å²) in [5.74, 6) is 0.525. The van der Waals surface area contributed by atoms with Crippen LogP contribution in [-0.4, -0.2) is 72.0 Å². The van der Waals surface area contributed by atoms with E-state index in [2.05, 4.69) is 20.4 Å². The first-order chi connectivity index (χ1) is 15.2. The van der Waals surface area contributed by atoms with Crippen LogP contribution in [0.25, 0.3) is 0 Å². The molecule has 2 aliphatic carbocycles. The van der Waals surface area contributed by atoms with E-state index in [0.717, 1.165) is 84.0 Å². The molecule has 0 radical (unpaired) electrons. The molecule has 0 aromatic carbocycles. The Balaban J connectivity index is 1.24. The number of hydrogen-bond acceptors (Lipinski definition) is 4. The third kappa shape index (κ3) is 6.44. The molecule has 0 spiro atoms. The van der Waals surface area contributed by atoms with E-state index < -0.39 is 0 Å². The van der Waals surface area contributed by atoms with E-state index in [0.29, 0.717) is 12.1 Å². The second-order valence-electron chi connectivity index (χ2n) is 10.4. The maximum atomic E-state index is 12.9. The molecule has 2 atom stereocenters. The van der Waals surface area contributed by atoms with E-state index in [1.165, 1.54) is 38.5 Å². The first-order valence-corrected chi connectivity index (χ1v) is 13.3. The number of rotatable bonds is 8. The van der Waals surface area contributed by atoms with Crippen molar-refractivity contribution in [2.75, 3.05) is 26.2 Å². The van der Waals surface area contributed by atoms with E-state index >= 15 is 0 Å². The third-order valence-corrected chi connectivity index (χ3v) is 8.13. The summed E-state index contributed by atoms with van der Waals surface area (Å²) in [7, 11) is 0. The van der Waals surface area contributed by atoms with Gasteiger partial charge in [-0.2, -0.15) is 0 Å². The number of nitrogens with zero attached hydrogens (tertiary/aromatic N) is 2. The van der Waals surface area contributed by atoms with Crippen molar-refractivity contribution in [3.63, 3.8) is 0 Å². The Bertz CT molecular complexity index is 536. The first-order valence-electron chi connectivity index (χ1n) is 13.3. The maximum absolute atomic E-state index is 12.9.